The normalized spacial score (nSPS) is 18.9. The second-order valence-corrected chi connectivity index (χ2v) is 4.16. The zero-order valence-electron chi connectivity index (χ0n) is 10.0. The van der Waals surface area contributed by atoms with E-state index < -0.39 is 0 Å². The van der Waals surface area contributed by atoms with Crippen LogP contribution in [0.5, 0.6) is 5.75 Å². The van der Waals surface area contributed by atoms with E-state index in [0.717, 1.165) is 32.1 Å². The van der Waals surface area contributed by atoms with E-state index in [0.29, 0.717) is 13.2 Å². The molecule has 0 aliphatic carbocycles. The number of rotatable bonds is 5. The number of nitrogens with zero attached hydrogens (tertiary/aromatic N) is 1. The van der Waals surface area contributed by atoms with Crippen LogP contribution in [-0.2, 0) is 4.74 Å². The van der Waals surface area contributed by atoms with Crippen molar-refractivity contribution in [3.63, 3.8) is 0 Å². The van der Waals surface area contributed by atoms with Crippen LogP contribution in [0.15, 0.2) is 30.3 Å². The second-order valence-electron chi connectivity index (χ2n) is 4.16. The van der Waals surface area contributed by atoms with Crippen molar-refractivity contribution < 1.29 is 9.47 Å². The maximum absolute atomic E-state index is 5.81. The van der Waals surface area contributed by atoms with E-state index in [-0.39, 0.29) is 6.04 Å². The van der Waals surface area contributed by atoms with E-state index >= 15 is 0 Å². The SMILES string of the molecule is NCC(COc1ccccc1)N1CCOCC1. The molecule has 2 N–H and O–H groups in total. The standard InChI is InChI=1S/C13H20N2O2/c14-10-12(15-6-8-16-9-7-15)11-17-13-4-2-1-3-5-13/h1-5,12H,6-11,14H2. The molecule has 94 valence electrons. The van der Waals surface area contributed by atoms with E-state index in [1.54, 1.807) is 0 Å². The molecule has 0 amide bonds. The van der Waals surface area contributed by atoms with Crippen molar-refractivity contribution in [2.75, 3.05) is 39.5 Å². The van der Waals surface area contributed by atoms with Crippen molar-refractivity contribution >= 4 is 0 Å². The Morgan fingerprint density at radius 2 is 1.94 bits per heavy atom. The van der Waals surface area contributed by atoms with E-state index in [1.165, 1.54) is 0 Å². The zero-order valence-corrected chi connectivity index (χ0v) is 10.0. The van der Waals surface area contributed by atoms with Gasteiger partial charge in [-0.1, -0.05) is 18.2 Å². The maximum Gasteiger partial charge on any atom is 0.119 e. The summed E-state index contributed by atoms with van der Waals surface area (Å²) in [6.07, 6.45) is 0. The van der Waals surface area contributed by atoms with Gasteiger partial charge in [0.05, 0.1) is 19.3 Å². The van der Waals surface area contributed by atoms with Gasteiger partial charge in [-0.05, 0) is 12.1 Å². The second kappa shape index (κ2) is 6.59. The lowest BCUT2D eigenvalue weighted by molar-refractivity contribution is 0.00824. The topological polar surface area (TPSA) is 47.7 Å². The molecule has 1 heterocycles. The molecule has 0 aromatic heterocycles. The molecule has 4 nitrogen and oxygen atoms in total. The largest absolute Gasteiger partial charge is 0.492 e. The van der Waals surface area contributed by atoms with Gasteiger partial charge in [0.25, 0.3) is 0 Å². The lowest BCUT2D eigenvalue weighted by Crippen LogP contribution is -2.49. The maximum atomic E-state index is 5.81. The molecule has 1 aliphatic rings. The highest BCUT2D eigenvalue weighted by Crippen LogP contribution is 2.10. The fourth-order valence-corrected chi connectivity index (χ4v) is 1.97. The molecule has 2 rings (SSSR count). The molecule has 4 heteroatoms. The molecule has 0 spiro atoms. The van der Waals surface area contributed by atoms with Gasteiger partial charge >= 0.3 is 0 Å². The molecule has 1 fully saturated rings. The summed E-state index contributed by atoms with van der Waals surface area (Å²) < 4.78 is 11.1. The van der Waals surface area contributed by atoms with E-state index in [1.807, 2.05) is 30.3 Å². The van der Waals surface area contributed by atoms with Crippen molar-refractivity contribution in [3.05, 3.63) is 30.3 Å². The molecule has 1 aliphatic heterocycles. The number of ether oxygens (including phenoxy) is 2. The summed E-state index contributed by atoms with van der Waals surface area (Å²) in [6.45, 7) is 4.73. The molecule has 0 saturated carbocycles. The number of hydrogen-bond donors (Lipinski definition) is 1. The van der Waals surface area contributed by atoms with Gasteiger partial charge in [-0.3, -0.25) is 4.90 Å². The van der Waals surface area contributed by atoms with Crippen molar-refractivity contribution in [1.29, 1.82) is 0 Å². The first kappa shape index (κ1) is 12.4. The number of hydrogen-bond acceptors (Lipinski definition) is 4. The minimum atomic E-state index is 0.277. The van der Waals surface area contributed by atoms with Crippen LogP contribution in [0.3, 0.4) is 0 Å². The number of nitrogens with two attached hydrogens (primary N) is 1. The van der Waals surface area contributed by atoms with Crippen LogP contribution in [-0.4, -0.2) is 50.4 Å². The predicted octanol–water partition coefficient (Wildman–Crippen LogP) is 0.725. The first-order chi connectivity index (χ1) is 8.40. The summed E-state index contributed by atoms with van der Waals surface area (Å²) in [7, 11) is 0. The molecule has 1 saturated heterocycles. The van der Waals surface area contributed by atoms with Gasteiger partial charge in [0.1, 0.15) is 12.4 Å². The van der Waals surface area contributed by atoms with E-state index in [9.17, 15) is 0 Å². The highest BCUT2D eigenvalue weighted by Gasteiger charge is 2.20. The first-order valence-electron chi connectivity index (χ1n) is 6.10. The van der Waals surface area contributed by atoms with E-state index in [4.69, 9.17) is 15.2 Å². The number of para-hydroxylation sites is 1. The zero-order chi connectivity index (χ0) is 11.9. The Kier molecular flexibility index (Phi) is 4.79. The molecule has 1 aromatic rings. The summed E-state index contributed by atoms with van der Waals surface area (Å²) in [5.41, 5.74) is 5.81. The summed E-state index contributed by atoms with van der Waals surface area (Å²) in [4.78, 5) is 2.34. The van der Waals surface area contributed by atoms with Crippen LogP contribution in [0.1, 0.15) is 0 Å². The van der Waals surface area contributed by atoms with Crippen LogP contribution in [0.25, 0.3) is 0 Å². The van der Waals surface area contributed by atoms with Crippen LogP contribution in [0.2, 0.25) is 0 Å². The van der Waals surface area contributed by atoms with Gasteiger partial charge in [0.2, 0.25) is 0 Å². The van der Waals surface area contributed by atoms with Crippen molar-refractivity contribution in [2.24, 2.45) is 5.73 Å². The van der Waals surface area contributed by atoms with Crippen molar-refractivity contribution in [3.8, 4) is 5.75 Å². The van der Waals surface area contributed by atoms with Crippen LogP contribution < -0.4 is 10.5 Å². The van der Waals surface area contributed by atoms with E-state index in [2.05, 4.69) is 4.90 Å². The minimum absolute atomic E-state index is 0.277. The van der Waals surface area contributed by atoms with Gasteiger partial charge in [0.15, 0.2) is 0 Å². The molecule has 1 unspecified atom stereocenters. The van der Waals surface area contributed by atoms with Crippen molar-refractivity contribution in [2.45, 2.75) is 6.04 Å². The third-order valence-electron chi connectivity index (χ3n) is 3.02. The van der Waals surface area contributed by atoms with Crippen LogP contribution in [0, 0.1) is 0 Å². The van der Waals surface area contributed by atoms with Crippen LogP contribution >= 0.6 is 0 Å². The highest BCUT2D eigenvalue weighted by atomic mass is 16.5. The Morgan fingerprint density at radius 3 is 2.59 bits per heavy atom. The first-order valence-corrected chi connectivity index (χ1v) is 6.10. The van der Waals surface area contributed by atoms with Gasteiger partial charge in [0, 0.05) is 19.6 Å². The minimum Gasteiger partial charge on any atom is -0.492 e. The molecule has 1 atom stereocenters. The lowest BCUT2D eigenvalue weighted by atomic mass is 10.2. The highest BCUT2D eigenvalue weighted by molar-refractivity contribution is 5.20. The average Bonchev–Trinajstić information content (AvgIpc) is 2.42. The molecule has 17 heavy (non-hydrogen) atoms. The lowest BCUT2D eigenvalue weighted by Gasteiger charge is -2.33. The van der Waals surface area contributed by atoms with Crippen molar-refractivity contribution in [1.82, 2.24) is 4.90 Å². The Hall–Kier alpha value is -1.10. The quantitative estimate of drug-likeness (QED) is 0.818. The van der Waals surface area contributed by atoms with Gasteiger partial charge in [-0.25, -0.2) is 0 Å². The predicted molar refractivity (Wildman–Crippen MR) is 67.2 cm³/mol. The van der Waals surface area contributed by atoms with Gasteiger partial charge in [-0.15, -0.1) is 0 Å². The summed E-state index contributed by atoms with van der Waals surface area (Å²) in [5, 5.41) is 0. The Morgan fingerprint density at radius 1 is 1.24 bits per heavy atom. The Balaban J connectivity index is 1.82. The number of morpholine rings is 1. The Labute approximate surface area is 102 Å². The smallest absolute Gasteiger partial charge is 0.119 e. The summed E-state index contributed by atoms with van der Waals surface area (Å²) in [5.74, 6) is 0.902. The summed E-state index contributed by atoms with van der Waals surface area (Å²) in [6, 6.07) is 10.1. The molecule has 0 bridgehead atoms. The molecular weight excluding hydrogens is 216 g/mol. The monoisotopic (exact) mass is 236 g/mol. The summed E-state index contributed by atoms with van der Waals surface area (Å²) >= 11 is 0. The Bertz CT molecular complexity index is 312. The third-order valence-corrected chi connectivity index (χ3v) is 3.02. The van der Waals surface area contributed by atoms with Gasteiger partial charge < -0.3 is 15.2 Å². The number of benzene rings is 1. The third kappa shape index (κ3) is 3.70. The molecular formula is C13H20N2O2. The van der Waals surface area contributed by atoms with Gasteiger partial charge in [-0.2, -0.15) is 0 Å². The fraction of sp³-hybridized carbons (Fsp3) is 0.538. The average molecular weight is 236 g/mol. The van der Waals surface area contributed by atoms with Crippen LogP contribution in [0.4, 0.5) is 0 Å². The molecule has 1 aromatic carbocycles. The fourth-order valence-electron chi connectivity index (χ4n) is 1.97. The molecule has 0 radical (unpaired) electrons.